The number of carbonyl (C=O) groups excluding carboxylic acids is 2. The lowest BCUT2D eigenvalue weighted by Gasteiger charge is -2.16. The smallest absolute Gasteiger partial charge is 0.270 e. The Balaban J connectivity index is 1.66. The van der Waals surface area contributed by atoms with E-state index in [1.54, 1.807) is 36.3 Å². The molecule has 1 aromatic carbocycles. The zero-order valence-electron chi connectivity index (χ0n) is 12.9. The molecule has 5 heteroatoms. The minimum absolute atomic E-state index is 0.120. The summed E-state index contributed by atoms with van der Waals surface area (Å²) in [6.07, 6.45) is 3.52. The molecule has 3 rings (SSSR count). The highest BCUT2D eigenvalue weighted by Gasteiger charge is 2.31. The molecule has 1 aliphatic carbocycles. The molecule has 1 heterocycles. The summed E-state index contributed by atoms with van der Waals surface area (Å²) in [5.41, 5.74) is 2.55. The fraction of sp³-hybridized carbons (Fsp3) is 0.278. The summed E-state index contributed by atoms with van der Waals surface area (Å²) >= 11 is 0. The van der Waals surface area contributed by atoms with Crippen LogP contribution in [0, 0.1) is 17.2 Å². The molecule has 116 valence electrons. The predicted octanol–water partition coefficient (Wildman–Crippen LogP) is 2.75. The second-order valence-electron chi connectivity index (χ2n) is 5.91. The number of Topliss-reactive ketones (excluding diaryl/α,β-unsaturated/α-hetero) is 1. The normalized spacial score (nSPS) is 13.4. The summed E-state index contributed by atoms with van der Waals surface area (Å²) in [6.45, 7) is 0.440. The van der Waals surface area contributed by atoms with Crippen molar-refractivity contribution in [2.75, 3.05) is 7.05 Å². The summed E-state index contributed by atoms with van der Waals surface area (Å²) in [7, 11) is 1.71. The van der Waals surface area contributed by atoms with Crippen molar-refractivity contribution in [1.82, 2.24) is 9.88 Å². The maximum atomic E-state index is 12.4. The van der Waals surface area contributed by atoms with Crippen LogP contribution in [0.2, 0.25) is 0 Å². The van der Waals surface area contributed by atoms with Crippen LogP contribution in [0.1, 0.15) is 44.8 Å². The summed E-state index contributed by atoms with van der Waals surface area (Å²) in [6, 6.07) is 10.8. The average molecular weight is 307 g/mol. The van der Waals surface area contributed by atoms with Crippen LogP contribution in [0.15, 0.2) is 36.5 Å². The van der Waals surface area contributed by atoms with E-state index in [0.29, 0.717) is 23.4 Å². The fourth-order valence-corrected chi connectivity index (χ4v) is 2.48. The van der Waals surface area contributed by atoms with Gasteiger partial charge in [0.05, 0.1) is 11.6 Å². The van der Waals surface area contributed by atoms with E-state index in [0.717, 1.165) is 18.4 Å². The van der Waals surface area contributed by atoms with Crippen molar-refractivity contribution in [3.8, 4) is 6.07 Å². The highest BCUT2D eigenvalue weighted by atomic mass is 16.2. The summed E-state index contributed by atoms with van der Waals surface area (Å²) in [5, 5.41) is 8.79. The van der Waals surface area contributed by atoms with E-state index in [1.165, 1.54) is 0 Å². The summed E-state index contributed by atoms with van der Waals surface area (Å²) < 4.78 is 0. The van der Waals surface area contributed by atoms with E-state index < -0.39 is 0 Å². The van der Waals surface area contributed by atoms with Gasteiger partial charge in [-0.3, -0.25) is 9.59 Å². The Kier molecular flexibility index (Phi) is 3.98. The first-order chi connectivity index (χ1) is 11.1. The predicted molar refractivity (Wildman–Crippen MR) is 84.8 cm³/mol. The summed E-state index contributed by atoms with van der Waals surface area (Å²) in [5.74, 6) is 0.101. The highest BCUT2D eigenvalue weighted by Crippen LogP contribution is 2.32. The number of aromatic nitrogens is 1. The zero-order valence-corrected chi connectivity index (χ0v) is 12.9. The van der Waals surface area contributed by atoms with Gasteiger partial charge in [0.1, 0.15) is 5.69 Å². The molecule has 1 saturated carbocycles. The molecule has 0 spiro atoms. The van der Waals surface area contributed by atoms with Gasteiger partial charge in [-0.05, 0) is 36.6 Å². The van der Waals surface area contributed by atoms with E-state index >= 15 is 0 Å². The van der Waals surface area contributed by atoms with Crippen LogP contribution >= 0.6 is 0 Å². The molecule has 1 aliphatic rings. The molecule has 2 aromatic rings. The standard InChI is InChI=1S/C18H17N3O2/c1-21(11-13-4-2-12(9-19)3-5-13)18(23)16-8-15(10-20-16)17(22)14-6-7-14/h2-5,8,10,14,20H,6-7,11H2,1H3. The molecular formula is C18H17N3O2. The Morgan fingerprint density at radius 2 is 2.00 bits per heavy atom. The first-order valence-corrected chi connectivity index (χ1v) is 7.55. The maximum Gasteiger partial charge on any atom is 0.270 e. The Morgan fingerprint density at radius 1 is 1.30 bits per heavy atom. The van der Waals surface area contributed by atoms with E-state index in [1.807, 2.05) is 12.1 Å². The third kappa shape index (κ3) is 3.32. The van der Waals surface area contributed by atoms with Gasteiger partial charge in [0.2, 0.25) is 0 Å². The Morgan fingerprint density at radius 3 is 2.61 bits per heavy atom. The number of amides is 1. The number of nitriles is 1. The van der Waals surface area contributed by atoms with Gasteiger partial charge in [-0.2, -0.15) is 5.26 Å². The monoisotopic (exact) mass is 307 g/mol. The minimum atomic E-state index is -0.163. The van der Waals surface area contributed by atoms with Crippen molar-refractivity contribution in [2.45, 2.75) is 19.4 Å². The van der Waals surface area contributed by atoms with Gasteiger partial charge in [-0.1, -0.05) is 12.1 Å². The topological polar surface area (TPSA) is 77.0 Å². The van der Waals surface area contributed by atoms with Crippen LogP contribution in [-0.4, -0.2) is 28.6 Å². The van der Waals surface area contributed by atoms with Gasteiger partial charge in [0, 0.05) is 31.3 Å². The van der Waals surface area contributed by atoms with Crippen LogP contribution in [0.4, 0.5) is 0 Å². The lowest BCUT2D eigenvalue weighted by atomic mass is 10.1. The lowest BCUT2D eigenvalue weighted by molar-refractivity contribution is 0.0780. The third-order valence-corrected chi connectivity index (χ3v) is 4.00. The first kappa shape index (κ1) is 15.0. The zero-order chi connectivity index (χ0) is 16.4. The first-order valence-electron chi connectivity index (χ1n) is 7.55. The fourth-order valence-electron chi connectivity index (χ4n) is 2.48. The SMILES string of the molecule is CN(Cc1ccc(C#N)cc1)C(=O)c1cc(C(=O)C2CC2)c[nH]1. The van der Waals surface area contributed by atoms with E-state index in [9.17, 15) is 9.59 Å². The molecule has 0 radical (unpaired) electrons. The molecule has 1 N–H and O–H groups in total. The Labute approximate surface area is 134 Å². The van der Waals surface area contributed by atoms with Gasteiger partial charge in [-0.15, -0.1) is 0 Å². The quantitative estimate of drug-likeness (QED) is 0.863. The van der Waals surface area contributed by atoms with Crippen LogP contribution in [0.5, 0.6) is 0 Å². The lowest BCUT2D eigenvalue weighted by Crippen LogP contribution is -2.26. The number of aromatic amines is 1. The molecule has 0 aliphatic heterocycles. The van der Waals surface area contributed by atoms with Gasteiger partial charge < -0.3 is 9.88 Å². The van der Waals surface area contributed by atoms with E-state index in [4.69, 9.17) is 5.26 Å². The average Bonchev–Trinajstić information content (AvgIpc) is 3.31. The van der Waals surface area contributed by atoms with Crippen molar-refractivity contribution in [3.05, 3.63) is 58.9 Å². The van der Waals surface area contributed by atoms with Crippen molar-refractivity contribution in [2.24, 2.45) is 5.92 Å². The Bertz CT molecular complexity index is 779. The van der Waals surface area contributed by atoms with Crippen LogP contribution in [0.25, 0.3) is 0 Å². The second kappa shape index (κ2) is 6.09. The largest absolute Gasteiger partial charge is 0.356 e. The van der Waals surface area contributed by atoms with Crippen LogP contribution < -0.4 is 0 Å². The number of rotatable bonds is 5. The minimum Gasteiger partial charge on any atom is -0.356 e. The molecule has 23 heavy (non-hydrogen) atoms. The third-order valence-electron chi connectivity index (χ3n) is 4.00. The molecular weight excluding hydrogens is 290 g/mol. The molecule has 1 amide bonds. The number of nitrogens with zero attached hydrogens (tertiary/aromatic N) is 2. The van der Waals surface area contributed by atoms with Crippen molar-refractivity contribution >= 4 is 11.7 Å². The molecule has 0 bridgehead atoms. The second-order valence-corrected chi connectivity index (χ2v) is 5.91. The summed E-state index contributed by atoms with van der Waals surface area (Å²) in [4.78, 5) is 28.9. The number of ketones is 1. The Hall–Kier alpha value is -2.87. The van der Waals surface area contributed by atoms with Crippen LogP contribution in [0.3, 0.4) is 0 Å². The number of H-pyrrole nitrogens is 1. The maximum absolute atomic E-state index is 12.4. The van der Waals surface area contributed by atoms with Gasteiger partial charge in [-0.25, -0.2) is 0 Å². The number of nitrogens with one attached hydrogen (secondary N) is 1. The highest BCUT2D eigenvalue weighted by molar-refractivity contribution is 6.02. The van der Waals surface area contributed by atoms with Gasteiger partial charge in [0.15, 0.2) is 5.78 Å². The number of carbonyl (C=O) groups is 2. The molecule has 5 nitrogen and oxygen atoms in total. The van der Waals surface area contributed by atoms with Crippen molar-refractivity contribution in [1.29, 1.82) is 5.26 Å². The molecule has 0 unspecified atom stereocenters. The molecule has 1 aromatic heterocycles. The van der Waals surface area contributed by atoms with E-state index in [-0.39, 0.29) is 17.6 Å². The number of benzene rings is 1. The molecule has 0 saturated heterocycles. The van der Waals surface area contributed by atoms with Crippen molar-refractivity contribution in [3.63, 3.8) is 0 Å². The number of hydrogen-bond donors (Lipinski definition) is 1. The van der Waals surface area contributed by atoms with E-state index in [2.05, 4.69) is 11.1 Å². The molecule has 1 fully saturated rings. The van der Waals surface area contributed by atoms with Crippen molar-refractivity contribution < 1.29 is 9.59 Å². The number of hydrogen-bond acceptors (Lipinski definition) is 3. The van der Waals surface area contributed by atoms with Gasteiger partial charge >= 0.3 is 0 Å². The molecule has 0 atom stereocenters. The van der Waals surface area contributed by atoms with Crippen LogP contribution in [-0.2, 0) is 6.54 Å². The van der Waals surface area contributed by atoms with Gasteiger partial charge in [0.25, 0.3) is 5.91 Å².